The first-order valence-electron chi connectivity index (χ1n) is 9.43. The fourth-order valence-corrected chi connectivity index (χ4v) is 3.40. The Labute approximate surface area is 174 Å². The summed E-state index contributed by atoms with van der Waals surface area (Å²) in [5.41, 5.74) is 3.80. The molecule has 7 nitrogen and oxygen atoms in total. The summed E-state index contributed by atoms with van der Waals surface area (Å²) >= 11 is 5.33. The van der Waals surface area contributed by atoms with Crippen molar-refractivity contribution < 1.29 is 9.32 Å². The van der Waals surface area contributed by atoms with Crippen LogP contribution in [0.4, 0.5) is 11.4 Å². The van der Waals surface area contributed by atoms with Gasteiger partial charge in [0.25, 0.3) is 0 Å². The second-order valence-electron chi connectivity index (χ2n) is 6.88. The summed E-state index contributed by atoms with van der Waals surface area (Å²) in [6.07, 6.45) is 1.53. The number of aromatic nitrogens is 2. The van der Waals surface area contributed by atoms with Crippen molar-refractivity contribution in [1.82, 2.24) is 15.5 Å². The fourth-order valence-electron chi connectivity index (χ4n) is 3.21. The smallest absolute Gasteiger partial charge is 0.246 e. The molecule has 0 saturated carbocycles. The van der Waals surface area contributed by atoms with Crippen LogP contribution in [0.15, 0.2) is 53.1 Å². The zero-order valence-electron chi connectivity index (χ0n) is 16.0. The minimum atomic E-state index is 0.174. The molecule has 3 aromatic rings. The van der Waals surface area contributed by atoms with Crippen LogP contribution in [0, 0.1) is 6.92 Å². The molecule has 1 amide bonds. The highest BCUT2D eigenvalue weighted by Gasteiger charge is 2.21. The third-order valence-electron chi connectivity index (χ3n) is 4.65. The molecule has 0 radical (unpaired) electrons. The average molecular weight is 407 g/mol. The van der Waals surface area contributed by atoms with E-state index in [0.717, 1.165) is 35.5 Å². The highest BCUT2D eigenvalue weighted by molar-refractivity contribution is 7.80. The summed E-state index contributed by atoms with van der Waals surface area (Å²) in [5, 5.41) is 10.6. The van der Waals surface area contributed by atoms with Crippen LogP contribution < -0.4 is 15.5 Å². The van der Waals surface area contributed by atoms with Gasteiger partial charge in [-0.15, -0.1) is 0 Å². The van der Waals surface area contributed by atoms with Gasteiger partial charge in [-0.2, -0.15) is 4.98 Å². The number of anilines is 2. The Balaban J connectivity index is 1.31. The highest BCUT2D eigenvalue weighted by Crippen LogP contribution is 2.23. The minimum absolute atomic E-state index is 0.174. The molecule has 2 aromatic carbocycles. The lowest BCUT2D eigenvalue weighted by Crippen LogP contribution is -2.28. The maximum atomic E-state index is 11.8. The molecule has 4 rings (SSSR count). The number of hydrogen-bond acceptors (Lipinski definition) is 5. The van der Waals surface area contributed by atoms with Crippen LogP contribution in [0.1, 0.15) is 24.3 Å². The number of benzene rings is 2. The summed E-state index contributed by atoms with van der Waals surface area (Å²) in [4.78, 5) is 18.0. The SMILES string of the molecule is Cc1cccc(-c2noc(CNC(=S)Nc3ccc(N4CCCC4=O)cc3)n2)c1. The molecule has 1 saturated heterocycles. The maximum Gasteiger partial charge on any atom is 0.246 e. The van der Waals surface area contributed by atoms with Gasteiger partial charge in [0.1, 0.15) is 0 Å². The first-order chi connectivity index (χ1) is 14.1. The van der Waals surface area contributed by atoms with Gasteiger partial charge in [0.15, 0.2) is 5.11 Å². The molecule has 148 valence electrons. The van der Waals surface area contributed by atoms with E-state index < -0.39 is 0 Å². The van der Waals surface area contributed by atoms with Gasteiger partial charge in [0.05, 0.1) is 6.54 Å². The molecule has 1 aliphatic heterocycles. The number of hydrogen-bond donors (Lipinski definition) is 2. The van der Waals surface area contributed by atoms with E-state index >= 15 is 0 Å². The topological polar surface area (TPSA) is 83.3 Å². The van der Waals surface area contributed by atoms with Crippen molar-refractivity contribution in [2.45, 2.75) is 26.3 Å². The Morgan fingerprint density at radius 3 is 2.79 bits per heavy atom. The van der Waals surface area contributed by atoms with E-state index in [1.54, 1.807) is 0 Å². The quantitative estimate of drug-likeness (QED) is 0.625. The summed E-state index contributed by atoms with van der Waals surface area (Å²) < 4.78 is 5.29. The Kier molecular flexibility index (Phi) is 5.53. The molecule has 2 heterocycles. The van der Waals surface area contributed by atoms with Crippen molar-refractivity contribution in [3.8, 4) is 11.4 Å². The van der Waals surface area contributed by atoms with Gasteiger partial charge >= 0.3 is 0 Å². The Morgan fingerprint density at radius 1 is 1.24 bits per heavy atom. The largest absolute Gasteiger partial charge is 0.353 e. The Morgan fingerprint density at radius 2 is 2.07 bits per heavy atom. The zero-order chi connectivity index (χ0) is 20.2. The lowest BCUT2D eigenvalue weighted by molar-refractivity contribution is -0.117. The molecule has 0 atom stereocenters. The number of nitrogens with zero attached hydrogens (tertiary/aromatic N) is 3. The van der Waals surface area contributed by atoms with E-state index in [-0.39, 0.29) is 5.91 Å². The van der Waals surface area contributed by atoms with Crippen molar-refractivity contribution in [1.29, 1.82) is 0 Å². The van der Waals surface area contributed by atoms with E-state index in [1.165, 1.54) is 0 Å². The second-order valence-corrected chi connectivity index (χ2v) is 7.29. The van der Waals surface area contributed by atoms with Crippen LogP contribution in [0.5, 0.6) is 0 Å². The van der Waals surface area contributed by atoms with Gasteiger partial charge in [-0.1, -0.05) is 28.9 Å². The van der Waals surface area contributed by atoms with Crippen molar-refractivity contribution in [2.24, 2.45) is 0 Å². The van der Waals surface area contributed by atoms with Crippen molar-refractivity contribution in [2.75, 3.05) is 16.8 Å². The predicted molar refractivity (Wildman–Crippen MR) is 116 cm³/mol. The van der Waals surface area contributed by atoms with Gasteiger partial charge in [-0.05, 0) is 55.9 Å². The van der Waals surface area contributed by atoms with Gasteiger partial charge in [0.2, 0.25) is 17.6 Å². The number of amides is 1. The highest BCUT2D eigenvalue weighted by atomic mass is 32.1. The number of aryl methyl sites for hydroxylation is 1. The Bertz CT molecular complexity index is 1030. The number of rotatable bonds is 5. The average Bonchev–Trinajstić information content (AvgIpc) is 3.36. The molecule has 29 heavy (non-hydrogen) atoms. The van der Waals surface area contributed by atoms with E-state index in [2.05, 4.69) is 20.8 Å². The summed E-state index contributed by atoms with van der Waals surface area (Å²) in [7, 11) is 0. The van der Waals surface area contributed by atoms with Crippen LogP contribution in [0.2, 0.25) is 0 Å². The number of carbonyl (C=O) groups excluding carboxylic acids is 1. The van der Waals surface area contributed by atoms with Gasteiger partial charge < -0.3 is 20.1 Å². The lowest BCUT2D eigenvalue weighted by Gasteiger charge is -2.16. The van der Waals surface area contributed by atoms with Crippen LogP contribution in [0.3, 0.4) is 0 Å². The Hall–Kier alpha value is -3.26. The third kappa shape index (κ3) is 4.60. The van der Waals surface area contributed by atoms with Crippen LogP contribution in [-0.2, 0) is 11.3 Å². The van der Waals surface area contributed by atoms with Crippen molar-refractivity contribution in [3.63, 3.8) is 0 Å². The molecule has 1 aliphatic rings. The molecule has 8 heteroatoms. The normalized spacial score (nSPS) is 13.6. The van der Waals surface area contributed by atoms with E-state index in [9.17, 15) is 4.79 Å². The van der Waals surface area contributed by atoms with Gasteiger partial charge in [-0.25, -0.2) is 0 Å². The molecule has 1 fully saturated rings. The van der Waals surface area contributed by atoms with E-state index in [1.807, 2.05) is 60.4 Å². The first kappa shape index (κ1) is 19.1. The predicted octanol–water partition coefficient (Wildman–Crippen LogP) is 3.66. The maximum absolute atomic E-state index is 11.8. The molecular weight excluding hydrogens is 386 g/mol. The first-order valence-corrected chi connectivity index (χ1v) is 9.84. The van der Waals surface area contributed by atoms with Gasteiger partial charge in [0, 0.05) is 29.9 Å². The zero-order valence-corrected chi connectivity index (χ0v) is 16.8. The second kappa shape index (κ2) is 8.40. The molecule has 1 aromatic heterocycles. The lowest BCUT2D eigenvalue weighted by atomic mass is 10.1. The van der Waals surface area contributed by atoms with E-state index in [0.29, 0.717) is 29.8 Å². The van der Waals surface area contributed by atoms with Crippen molar-refractivity contribution >= 4 is 34.6 Å². The molecule has 0 bridgehead atoms. The minimum Gasteiger partial charge on any atom is -0.353 e. The third-order valence-corrected chi connectivity index (χ3v) is 4.90. The van der Waals surface area contributed by atoms with Crippen LogP contribution in [-0.4, -0.2) is 27.7 Å². The number of carbonyl (C=O) groups is 1. The number of thiocarbonyl (C=S) groups is 1. The van der Waals surface area contributed by atoms with Crippen LogP contribution >= 0.6 is 12.2 Å². The molecule has 2 N–H and O–H groups in total. The molecule has 0 unspecified atom stereocenters. The standard InChI is InChI=1S/C21H21N5O2S/c1-14-4-2-5-15(12-14)20-24-18(28-25-20)13-22-21(29)23-16-7-9-17(10-8-16)26-11-3-6-19(26)27/h2,4-5,7-10,12H,3,6,11,13H2,1H3,(H2,22,23,29). The van der Waals surface area contributed by atoms with Crippen molar-refractivity contribution in [3.05, 3.63) is 60.0 Å². The van der Waals surface area contributed by atoms with Crippen LogP contribution in [0.25, 0.3) is 11.4 Å². The molecule has 0 spiro atoms. The summed E-state index contributed by atoms with van der Waals surface area (Å²) in [6, 6.07) is 15.6. The summed E-state index contributed by atoms with van der Waals surface area (Å²) in [6.45, 7) is 3.12. The fraction of sp³-hybridized carbons (Fsp3) is 0.238. The monoisotopic (exact) mass is 407 g/mol. The summed E-state index contributed by atoms with van der Waals surface area (Å²) in [5.74, 6) is 1.18. The molecular formula is C21H21N5O2S. The molecule has 0 aliphatic carbocycles. The number of nitrogens with one attached hydrogen (secondary N) is 2. The van der Waals surface area contributed by atoms with Gasteiger partial charge in [-0.3, -0.25) is 4.79 Å². The van der Waals surface area contributed by atoms with E-state index in [4.69, 9.17) is 16.7 Å².